The predicted molar refractivity (Wildman–Crippen MR) is 127 cm³/mol. The molecule has 6 rings (SSSR count). The van der Waals surface area contributed by atoms with E-state index in [0.29, 0.717) is 43.9 Å². The van der Waals surface area contributed by atoms with Gasteiger partial charge >= 0.3 is 0 Å². The molecule has 1 aliphatic heterocycles. The molecule has 1 fully saturated rings. The van der Waals surface area contributed by atoms with Gasteiger partial charge in [-0.05, 0) is 48.0 Å². The van der Waals surface area contributed by atoms with Gasteiger partial charge in [-0.3, -0.25) is 9.78 Å². The lowest BCUT2D eigenvalue weighted by atomic mass is 10.1. The number of fused-ring (bicyclic) bond motifs is 2. The van der Waals surface area contributed by atoms with Gasteiger partial charge in [-0.25, -0.2) is 0 Å². The maximum atomic E-state index is 12.7. The first-order valence-corrected chi connectivity index (χ1v) is 11.3. The van der Waals surface area contributed by atoms with Crippen molar-refractivity contribution in [3.8, 4) is 11.3 Å². The van der Waals surface area contributed by atoms with E-state index in [1.807, 2.05) is 53.4 Å². The smallest absolute Gasteiger partial charge is 0.254 e. The van der Waals surface area contributed by atoms with Crippen molar-refractivity contribution in [3.63, 3.8) is 0 Å². The molecule has 8 heteroatoms. The van der Waals surface area contributed by atoms with Crippen molar-refractivity contribution in [2.45, 2.75) is 6.42 Å². The largest absolute Gasteiger partial charge is 0.378 e. The number of nitrogens with zero attached hydrogens (tertiary/aromatic N) is 6. The lowest BCUT2D eigenvalue weighted by molar-refractivity contribution is 0.0303. The summed E-state index contributed by atoms with van der Waals surface area (Å²) in [5, 5.41) is 14.5. The topological polar surface area (TPSA) is 85.5 Å². The highest BCUT2D eigenvalue weighted by molar-refractivity contribution is 5.94. The molecule has 168 valence electrons. The van der Waals surface area contributed by atoms with Gasteiger partial charge in [0.25, 0.3) is 5.91 Å². The summed E-state index contributed by atoms with van der Waals surface area (Å²) in [6, 6.07) is 21.6. The van der Waals surface area contributed by atoms with Gasteiger partial charge in [0.15, 0.2) is 11.5 Å². The molecule has 0 aliphatic carbocycles. The molecule has 1 aliphatic rings. The van der Waals surface area contributed by atoms with Gasteiger partial charge in [0.1, 0.15) is 0 Å². The molecular weight excluding hydrogens is 428 g/mol. The average molecular weight is 451 g/mol. The number of carbonyl (C=O) groups is 1. The molecule has 0 spiro atoms. The first-order valence-electron chi connectivity index (χ1n) is 11.3. The van der Waals surface area contributed by atoms with Crippen LogP contribution >= 0.6 is 0 Å². The summed E-state index contributed by atoms with van der Waals surface area (Å²) in [7, 11) is 0. The normalized spacial score (nSPS) is 14.1. The van der Waals surface area contributed by atoms with Crippen molar-refractivity contribution in [1.29, 1.82) is 0 Å². The Morgan fingerprint density at radius 1 is 0.941 bits per heavy atom. The molecule has 2 aromatic carbocycles. The fraction of sp³-hybridized carbons (Fsp3) is 0.192. The number of benzene rings is 2. The van der Waals surface area contributed by atoms with E-state index in [1.165, 1.54) is 0 Å². The summed E-state index contributed by atoms with van der Waals surface area (Å²) < 4.78 is 7.13. The van der Waals surface area contributed by atoms with E-state index < -0.39 is 0 Å². The zero-order valence-electron chi connectivity index (χ0n) is 18.5. The molecule has 0 bridgehead atoms. The number of rotatable bonds is 4. The Bertz CT molecular complexity index is 1490. The highest BCUT2D eigenvalue weighted by Gasteiger charge is 2.18. The Labute approximate surface area is 195 Å². The molecule has 34 heavy (non-hydrogen) atoms. The van der Waals surface area contributed by atoms with Gasteiger partial charge in [-0.2, -0.15) is 9.61 Å². The molecule has 4 heterocycles. The minimum atomic E-state index is 0.0324. The molecule has 0 saturated carbocycles. The van der Waals surface area contributed by atoms with E-state index in [0.717, 1.165) is 33.5 Å². The third-order valence-corrected chi connectivity index (χ3v) is 6.08. The van der Waals surface area contributed by atoms with Crippen LogP contribution in [0.1, 0.15) is 21.7 Å². The minimum Gasteiger partial charge on any atom is -0.378 e. The highest BCUT2D eigenvalue weighted by Crippen LogP contribution is 2.21. The molecule has 5 aromatic rings. The minimum absolute atomic E-state index is 0.0324. The van der Waals surface area contributed by atoms with Crippen LogP contribution in [0.15, 0.2) is 72.9 Å². The van der Waals surface area contributed by atoms with Gasteiger partial charge in [0.2, 0.25) is 0 Å². The summed E-state index contributed by atoms with van der Waals surface area (Å²) in [5.41, 5.74) is 5.17. The summed E-state index contributed by atoms with van der Waals surface area (Å²) in [4.78, 5) is 18.9. The molecular formula is C26H22N6O2. The van der Waals surface area contributed by atoms with Crippen LogP contribution in [-0.4, -0.2) is 61.9 Å². The number of aromatic nitrogens is 5. The van der Waals surface area contributed by atoms with E-state index >= 15 is 0 Å². The number of morpholine rings is 1. The van der Waals surface area contributed by atoms with Crippen LogP contribution in [0.5, 0.6) is 0 Å². The lowest BCUT2D eigenvalue weighted by Crippen LogP contribution is -2.40. The van der Waals surface area contributed by atoms with Crippen molar-refractivity contribution < 1.29 is 9.53 Å². The third kappa shape index (κ3) is 3.88. The number of hydrogen-bond donors (Lipinski definition) is 0. The summed E-state index contributed by atoms with van der Waals surface area (Å²) in [6.45, 7) is 2.43. The van der Waals surface area contributed by atoms with Crippen LogP contribution in [0, 0.1) is 0 Å². The van der Waals surface area contributed by atoms with Crippen molar-refractivity contribution >= 4 is 22.5 Å². The second-order valence-electron chi connectivity index (χ2n) is 8.29. The SMILES string of the molecule is O=C(c1ccc(-c2ccc3nnc(Cc4ccc5ncccc5c4)n3n2)cc1)N1CCOCC1. The first kappa shape index (κ1) is 20.4. The highest BCUT2D eigenvalue weighted by atomic mass is 16.5. The predicted octanol–water partition coefficient (Wildman–Crippen LogP) is 3.40. The van der Waals surface area contributed by atoms with E-state index in [9.17, 15) is 4.79 Å². The van der Waals surface area contributed by atoms with Gasteiger partial charge < -0.3 is 9.64 Å². The quantitative estimate of drug-likeness (QED) is 0.417. The van der Waals surface area contributed by atoms with Crippen molar-refractivity contribution in [2.24, 2.45) is 0 Å². The number of hydrogen-bond acceptors (Lipinski definition) is 6. The van der Waals surface area contributed by atoms with Gasteiger partial charge in [0.05, 0.1) is 24.4 Å². The third-order valence-electron chi connectivity index (χ3n) is 6.08. The standard InChI is InChI=1S/C26H22N6O2/c33-26(31-12-14-34-15-13-31)20-6-4-19(5-7-20)23-9-10-24-28-29-25(32(24)30-23)17-18-3-8-22-21(16-18)2-1-11-27-22/h1-11,16H,12-15,17H2. The Morgan fingerprint density at radius 2 is 1.79 bits per heavy atom. The molecule has 0 N–H and O–H groups in total. The number of pyridine rings is 1. The monoisotopic (exact) mass is 450 g/mol. The van der Waals surface area contributed by atoms with Crippen LogP contribution in [-0.2, 0) is 11.2 Å². The molecule has 0 unspecified atom stereocenters. The van der Waals surface area contributed by atoms with Crippen LogP contribution in [0.3, 0.4) is 0 Å². The fourth-order valence-electron chi connectivity index (χ4n) is 4.25. The number of amides is 1. The van der Waals surface area contributed by atoms with Gasteiger partial charge in [-0.15, -0.1) is 10.2 Å². The van der Waals surface area contributed by atoms with Crippen LogP contribution in [0.2, 0.25) is 0 Å². The Hall–Kier alpha value is -4.17. The molecule has 1 amide bonds. The maximum absolute atomic E-state index is 12.7. The van der Waals surface area contributed by atoms with Gasteiger partial charge in [-0.1, -0.05) is 24.3 Å². The molecule has 3 aromatic heterocycles. The molecule has 8 nitrogen and oxygen atoms in total. The Morgan fingerprint density at radius 3 is 2.65 bits per heavy atom. The maximum Gasteiger partial charge on any atom is 0.254 e. The zero-order valence-corrected chi connectivity index (χ0v) is 18.5. The Kier molecular flexibility index (Phi) is 5.20. The summed E-state index contributed by atoms with van der Waals surface area (Å²) >= 11 is 0. The first-order chi connectivity index (χ1) is 16.7. The molecule has 1 saturated heterocycles. The Balaban J connectivity index is 1.27. The average Bonchev–Trinajstić information content (AvgIpc) is 3.30. The van der Waals surface area contributed by atoms with E-state index in [2.05, 4.69) is 33.4 Å². The second-order valence-corrected chi connectivity index (χ2v) is 8.29. The summed E-state index contributed by atoms with van der Waals surface area (Å²) in [6.07, 6.45) is 2.40. The zero-order chi connectivity index (χ0) is 22.9. The van der Waals surface area contributed by atoms with Gasteiger partial charge in [0, 0.05) is 42.2 Å². The number of ether oxygens (including phenoxy) is 1. The van der Waals surface area contributed by atoms with E-state index in [1.54, 1.807) is 10.7 Å². The lowest BCUT2D eigenvalue weighted by Gasteiger charge is -2.26. The van der Waals surface area contributed by atoms with E-state index in [-0.39, 0.29) is 5.91 Å². The van der Waals surface area contributed by atoms with Crippen molar-refractivity contribution in [1.82, 2.24) is 29.7 Å². The number of carbonyl (C=O) groups excluding carboxylic acids is 1. The molecule has 0 atom stereocenters. The van der Waals surface area contributed by atoms with Crippen molar-refractivity contribution in [2.75, 3.05) is 26.3 Å². The van der Waals surface area contributed by atoms with E-state index in [4.69, 9.17) is 9.84 Å². The van der Waals surface area contributed by atoms with Crippen LogP contribution < -0.4 is 0 Å². The van der Waals surface area contributed by atoms with Crippen LogP contribution in [0.4, 0.5) is 0 Å². The second kappa shape index (κ2) is 8.64. The van der Waals surface area contributed by atoms with Crippen molar-refractivity contribution in [3.05, 3.63) is 89.9 Å². The summed E-state index contributed by atoms with van der Waals surface area (Å²) in [5.74, 6) is 0.796. The molecule has 0 radical (unpaired) electrons. The van der Waals surface area contributed by atoms with Crippen LogP contribution in [0.25, 0.3) is 27.8 Å². The fourth-order valence-corrected chi connectivity index (χ4v) is 4.25.